The van der Waals surface area contributed by atoms with Crippen LogP contribution in [0.1, 0.15) is 16.1 Å². The zero-order chi connectivity index (χ0) is 8.27. The number of hydrogen-bond donors (Lipinski definition) is 0. The van der Waals surface area contributed by atoms with E-state index in [2.05, 4.69) is 11.9 Å². The smallest absolute Gasteiger partial charge is 0.163 e. The lowest BCUT2D eigenvalue weighted by molar-refractivity contribution is 0.104. The van der Waals surface area contributed by atoms with Gasteiger partial charge in [-0.1, -0.05) is 0 Å². The number of rotatable bonds is 2. The molecule has 0 aromatic carbocycles. The van der Waals surface area contributed by atoms with Crippen LogP contribution in [-0.2, 0) is 5.88 Å². The fraction of sp³-hybridized carbons (Fsp3) is 0.125. The molecule has 0 spiro atoms. The molecule has 0 bridgehead atoms. The van der Waals surface area contributed by atoms with E-state index in [0.717, 1.165) is 0 Å². The van der Waals surface area contributed by atoms with Crippen molar-refractivity contribution >= 4 is 17.4 Å². The monoisotopic (exact) mass is 168 g/mol. The number of Topliss-reactive ketones (excluding diaryl/α,β-unsaturated/α-hetero) is 1. The largest absolute Gasteiger partial charge is 0.294 e. The third kappa shape index (κ3) is 2.02. The summed E-state index contributed by atoms with van der Waals surface area (Å²) in [6.45, 7) is 3.27. The second-order valence-electron chi connectivity index (χ2n) is 2.09. The lowest BCUT2D eigenvalue weighted by Gasteiger charge is -1.96. The van der Waals surface area contributed by atoms with E-state index in [1.54, 1.807) is 18.3 Å². The van der Waals surface area contributed by atoms with Crippen molar-refractivity contribution in [2.45, 2.75) is 5.88 Å². The Kier molecular flexibility index (Phi) is 2.60. The molecule has 0 N–H and O–H groups in total. The summed E-state index contributed by atoms with van der Waals surface area (Å²) >= 11 is 5.51. The minimum Gasteiger partial charge on any atom is -0.294 e. The van der Waals surface area contributed by atoms with Crippen LogP contribution in [0.4, 0.5) is 0 Å². The van der Waals surface area contributed by atoms with E-state index in [1.807, 2.05) is 0 Å². The first-order valence-corrected chi connectivity index (χ1v) is 3.64. The van der Waals surface area contributed by atoms with Gasteiger partial charge in [0.05, 0.1) is 11.6 Å². The molecule has 0 aliphatic carbocycles. The molecule has 0 amide bonds. The topological polar surface area (TPSA) is 30.0 Å². The van der Waals surface area contributed by atoms with Gasteiger partial charge in [0.1, 0.15) is 0 Å². The van der Waals surface area contributed by atoms with Crippen LogP contribution in [0, 0.1) is 6.92 Å². The highest BCUT2D eigenvalue weighted by atomic mass is 35.5. The predicted molar refractivity (Wildman–Crippen MR) is 43.5 cm³/mol. The summed E-state index contributed by atoms with van der Waals surface area (Å²) in [5.74, 6) is 0.111. The Morgan fingerprint density at radius 2 is 2.45 bits per heavy atom. The number of hydrogen-bond acceptors (Lipinski definition) is 2. The van der Waals surface area contributed by atoms with Gasteiger partial charge in [0.15, 0.2) is 5.78 Å². The summed E-state index contributed by atoms with van der Waals surface area (Å²) in [5.41, 5.74) is 1.25. The van der Waals surface area contributed by atoms with Crippen molar-refractivity contribution in [3.63, 3.8) is 0 Å². The Bertz CT molecular complexity index is 273. The standard InChI is InChI=1S/C8H7ClNO/c1-6(11)7-2-3-10-8(4-7)5-9/h2-4H,1,5H2. The second-order valence-corrected chi connectivity index (χ2v) is 2.36. The Labute approximate surface area is 70.2 Å². The van der Waals surface area contributed by atoms with E-state index < -0.39 is 0 Å². The zero-order valence-electron chi connectivity index (χ0n) is 5.88. The number of nitrogens with zero attached hydrogens (tertiary/aromatic N) is 1. The van der Waals surface area contributed by atoms with Crippen molar-refractivity contribution < 1.29 is 4.79 Å². The van der Waals surface area contributed by atoms with Gasteiger partial charge in [0.25, 0.3) is 0 Å². The summed E-state index contributed by atoms with van der Waals surface area (Å²) < 4.78 is 0. The maximum atomic E-state index is 10.7. The van der Waals surface area contributed by atoms with Crippen molar-refractivity contribution in [3.8, 4) is 0 Å². The highest BCUT2D eigenvalue weighted by Crippen LogP contribution is 2.04. The molecular weight excluding hydrogens is 162 g/mol. The van der Waals surface area contributed by atoms with Gasteiger partial charge in [-0.3, -0.25) is 9.78 Å². The normalized spacial score (nSPS) is 9.64. The van der Waals surface area contributed by atoms with Crippen molar-refractivity contribution in [2.75, 3.05) is 0 Å². The van der Waals surface area contributed by atoms with Gasteiger partial charge in [0, 0.05) is 18.7 Å². The van der Waals surface area contributed by atoms with E-state index in [-0.39, 0.29) is 5.78 Å². The minimum absolute atomic E-state index is 0.209. The molecule has 0 atom stereocenters. The molecule has 1 rings (SSSR count). The fourth-order valence-corrected chi connectivity index (χ4v) is 0.871. The highest BCUT2D eigenvalue weighted by Gasteiger charge is 1.99. The Morgan fingerprint density at radius 1 is 1.73 bits per heavy atom. The van der Waals surface area contributed by atoms with E-state index in [4.69, 9.17) is 11.6 Å². The van der Waals surface area contributed by atoms with Gasteiger partial charge in [-0.15, -0.1) is 11.6 Å². The predicted octanol–water partition coefficient (Wildman–Crippen LogP) is 1.84. The van der Waals surface area contributed by atoms with Crippen LogP contribution in [-0.4, -0.2) is 10.8 Å². The van der Waals surface area contributed by atoms with Gasteiger partial charge < -0.3 is 0 Å². The molecule has 0 saturated heterocycles. The number of halogens is 1. The molecule has 57 valence electrons. The highest BCUT2D eigenvalue weighted by molar-refractivity contribution is 6.17. The van der Waals surface area contributed by atoms with Crippen LogP contribution in [0.15, 0.2) is 18.3 Å². The maximum Gasteiger partial charge on any atom is 0.163 e. The minimum atomic E-state index is -0.209. The number of ketones is 1. The van der Waals surface area contributed by atoms with Crippen molar-refractivity contribution in [1.82, 2.24) is 4.98 Å². The molecule has 0 fully saturated rings. The zero-order valence-corrected chi connectivity index (χ0v) is 6.64. The van der Waals surface area contributed by atoms with Crippen LogP contribution < -0.4 is 0 Å². The summed E-state index contributed by atoms with van der Waals surface area (Å²) in [6, 6.07) is 3.26. The van der Waals surface area contributed by atoms with E-state index >= 15 is 0 Å². The van der Waals surface area contributed by atoms with Crippen LogP contribution in [0.25, 0.3) is 0 Å². The van der Waals surface area contributed by atoms with Gasteiger partial charge in [-0.2, -0.15) is 0 Å². The number of pyridine rings is 1. The second kappa shape index (κ2) is 3.49. The molecule has 0 aliphatic heterocycles. The molecular formula is C8H7ClNO. The van der Waals surface area contributed by atoms with Gasteiger partial charge in [-0.05, 0) is 12.1 Å². The molecule has 1 radical (unpaired) electrons. The van der Waals surface area contributed by atoms with E-state index in [9.17, 15) is 4.79 Å². The molecule has 0 saturated carbocycles. The number of carbonyl (C=O) groups is 1. The maximum absolute atomic E-state index is 10.7. The van der Waals surface area contributed by atoms with Crippen molar-refractivity contribution in [3.05, 3.63) is 36.5 Å². The first-order chi connectivity index (χ1) is 5.24. The SMILES string of the molecule is [CH2]C(=O)c1ccnc(CCl)c1. The van der Waals surface area contributed by atoms with Gasteiger partial charge >= 0.3 is 0 Å². The molecule has 11 heavy (non-hydrogen) atoms. The molecule has 0 aliphatic rings. The molecule has 0 unspecified atom stereocenters. The molecule has 1 aromatic heterocycles. The summed E-state index contributed by atoms with van der Waals surface area (Å²) in [6.07, 6.45) is 1.55. The number of alkyl halides is 1. The number of carbonyl (C=O) groups excluding carboxylic acids is 1. The average Bonchev–Trinajstić information content (AvgIpc) is 2.05. The summed E-state index contributed by atoms with van der Waals surface area (Å²) in [7, 11) is 0. The third-order valence-corrected chi connectivity index (χ3v) is 1.55. The van der Waals surface area contributed by atoms with E-state index in [0.29, 0.717) is 17.1 Å². The summed E-state index contributed by atoms with van der Waals surface area (Å²) in [5, 5.41) is 0. The van der Waals surface area contributed by atoms with E-state index in [1.165, 1.54) is 0 Å². The lowest BCUT2D eigenvalue weighted by atomic mass is 10.2. The third-order valence-electron chi connectivity index (χ3n) is 1.28. The quantitative estimate of drug-likeness (QED) is 0.498. The first kappa shape index (κ1) is 8.21. The Morgan fingerprint density at radius 3 is 3.00 bits per heavy atom. The molecule has 1 heterocycles. The van der Waals surface area contributed by atoms with Crippen molar-refractivity contribution in [2.24, 2.45) is 0 Å². The van der Waals surface area contributed by atoms with Crippen molar-refractivity contribution in [1.29, 1.82) is 0 Å². The van der Waals surface area contributed by atoms with Gasteiger partial charge in [-0.25, -0.2) is 0 Å². The Hall–Kier alpha value is -0.890. The lowest BCUT2D eigenvalue weighted by Crippen LogP contribution is -1.94. The number of aromatic nitrogens is 1. The average molecular weight is 169 g/mol. The molecule has 1 aromatic rings. The van der Waals surface area contributed by atoms with Crippen LogP contribution in [0.2, 0.25) is 0 Å². The first-order valence-electron chi connectivity index (χ1n) is 3.11. The van der Waals surface area contributed by atoms with Crippen LogP contribution in [0.3, 0.4) is 0 Å². The van der Waals surface area contributed by atoms with Crippen LogP contribution >= 0.6 is 11.6 Å². The molecule has 2 nitrogen and oxygen atoms in total. The van der Waals surface area contributed by atoms with Crippen LogP contribution in [0.5, 0.6) is 0 Å². The Balaban J connectivity index is 3.01. The van der Waals surface area contributed by atoms with Gasteiger partial charge in [0.2, 0.25) is 0 Å². The fourth-order valence-electron chi connectivity index (χ4n) is 0.725. The summed E-state index contributed by atoms with van der Waals surface area (Å²) in [4.78, 5) is 14.7. The molecule has 3 heteroatoms.